The van der Waals surface area contributed by atoms with Gasteiger partial charge in [-0.15, -0.1) is 0 Å². The molecule has 2 nitrogen and oxygen atoms in total. The van der Waals surface area contributed by atoms with Gasteiger partial charge in [0.15, 0.2) is 0 Å². The predicted octanol–water partition coefficient (Wildman–Crippen LogP) is 2.44. The standard InChI is InChI=1S/C11H25NO/c1-4-7-11(3)10-13-9-6-8-12-5-2/h11-12H,4-10H2,1-3H3. The van der Waals surface area contributed by atoms with Crippen LogP contribution in [0.1, 0.15) is 40.0 Å². The van der Waals surface area contributed by atoms with Gasteiger partial charge in [-0.25, -0.2) is 0 Å². The third-order valence-corrected chi connectivity index (χ3v) is 2.08. The van der Waals surface area contributed by atoms with Crippen LogP contribution in [-0.4, -0.2) is 26.3 Å². The highest BCUT2D eigenvalue weighted by molar-refractivity contribution is 4.50. The molecule has 0 aliphatic carbocycles. The minimum atomic E-state index is 0.726. The van der Waals surface area contributed by atoms with Gasteiger partial charge in [0.2, 0.25) is 0 Å². The normalized spacial score (nSPS) is 13.2. The molecule has 80 valence electrons. The van der Waals surface area contributed by atoms with Gasteiger partial charge in [0.05, 0.1) is 0 Å². The van der Waals surface area contributed by atoms with Crippen LogP contribution >= 0.6 is 0 Å². The maximum absolute atomic E-state index is 5.55. The van der Waals surface area contributed by atoms with Crippen LogP contribution < -0.4 is 5.32 Å². The van der Waals surface area contributed by atoms with E-state index in [-0.39, 0.29) is 0 Å². The SMILES string of the molecule is CCCC(C)COCCCNCC. The molecule has 0 fully saturated rings. The first-order valence-corrected chi connectivity index (χ1v) is 5.59. The summed E-state index contributed by atoms with van der Waals surface area (Å²) >= 11 is 0. The Hall–Kier alpha value is -0.0800. The molecular formula is C11H25NO. The maximum Gasteiger partial charge on any atom is 0.0491 e. The number of hydrogen-bond acceptors (Lipinski definition) is 2. The van der Waals surface area contributed by atoms with E-state index in [0.717, 1.165) is 38.6 Å². The van der Waals surface area contributed by atoms with Gasteiger partial charge in [0.25, 0.3) is 0 Å². The summed E-state index contributed by atoms with van der Waals surface area (Å²) in [7, 11) is 0. The predicted molar refractivity (Wildman–Crippen MR) is 58.1 cm³/mol. The van der Waals surface area contributed by atoms with Crippen molar-refractivity contribution in [1.82, 2.24) is 5.32 Å². The molecule has 0 radical (unpaired) electrons. The summed E-state index contributed by atoms with van der Waals surface area (Å²) in [6.45, 7) is 10.6. The lowest BCUT2D eigenvalue weighted by Crippen LogP contribution is -2.16. The Morgan fingerprint density at radius 3 is 2.69 bits per heavy atom. The lowest BCUT2D eigenvalue weighted by Gasteiger charge is -2.10. The van der Waals surface area contributed by atoms with Crippen LogP contribution in [-0.2, 0) is 4.74 Å². The Kier molecular flexibility index (Phi) is 9.94. The average molecular weight is 187 g/mol. The fourth-order valence-corrected chi connectivity index (χ4v) is 1.34. The van der Waals surface area contributed by atoms with Gasteiger partial charge in [-0.1, -0.05) is 27.2 Å². The van der Waals surface area contributed by atoms with Crippen molar-refractivity contribution in [2.24, 2.45) is 5.92 Å². The van der Waals surface area contributed by atoms with Gasteiger partial charge in [-0.2, -0.15) is 0 Å². The molecule has 0 rings (SSSR count). The Bertz CT molecular complexity index is 96.1. The van der Waals surface area contributed by atoms with Crippen LogP contribution in [0.25, 0.3) is 0 Å². The van der Waals surface area contributed by atoms with E-state index in [4.69, 9.17) is 4.74 Å². The minimum absolute atomic E-state index is 0.726. The third-order valence-electron chi connectivity index (χ3n) is 2.08. The molecule has 2 heteroatoms. The smallest absolute Gasteiger partial charge is 0.0491 e. The highest BCUT2D eigenvalue weighted by Crippen LogP contribution is 2.04. The Labute approximate surface area is 83.1 Å². The van der Waals surface area contributed by atoms with Crippen LogP contribution in [0.5, 0.6) is 0 Å². The van der Waals surface area contributed by atoms with Gasteiger partial charge < -0.3 is 10.1 Å². The average Bonchev–Trinajstić information content (AvgIpc) is 2.11. The molecule has 1 atom stereocenters. The van der Waals surface area contributed by atoms with Gasteiger partial charge in [-0.3, -0.25) is 0 Å². The minimum Gasteiger partial charge on any atom is -0.381 e. The first kappa shape index (κ1) is 12.9. The molecule has 0 saturated carbocycles. The Balaban J connectivity index is 2.97. The molecule has 0 aromatic heterocycles. The molecule has 0 aliphatic rings. The second kappa shape index (κ2) is 10.0. The molecule has 0 amide bonds. The summed E-state index contributed by atoms with van der Waals surface area (Å²) in [5.74, 6) is 0.726. The zero-order valence-electron chi connectivity index (χ0n) is 9.44. The fourth-order valence-electron chi connectivity index (χ4n) is 1.34. The first-order valence-electron chi connectivity index (χ1n) is 5.59. The van der Waals surface area contributed by atoms with E-state index in [9.17, 15) is 0 Å². The summed E-state index contributed by atoms with van der Waals surface area (Å²) in [5.41, 5.74) is 0. The van der Waals surface area contributed by atoms with Crippen molar-refractivity contribution in [3.63, 3.8) is 0 Å². The molecule has 0 spiro atoms. The van der Waals surface area contributed by atoms with Crippen molar-refractivity contribution in [1.29, 1.82) is 0 Å². The highest BCUT2D eigenvalue weighted by Gasteiger charge is 1.99. The summed E-state index contributed by atoms with van der Waals surface area (Å²) < 4.78 is 5.55. The second-order valence-corrected chi connectivity index (χ2v) is 3.68. The molecule has 0 bridgehead atoms. The molecule has 0 heterocycles. The van der Waals surface area contributed by atoms with Crippen molar-refractivity contribution >= 4 is 0 Å². The monoisotopic (exact) mass is 187 g/mol. The van der Waals surface area contributed by atoms with E-state index < -0.39 is 0 Å². The van der Waals surface area contributed by atoms with Crippen molar-refractivity contribution in [3.8, 4) is 0 Å². The Morgan fingerprint density at radius 2 is 2.08 bits per heavy atom. The number of hydrogen-bond donors (Lipinski definition) is 1. The van der Waals surface area contributed by atoms with Crippen LogP contribution in [0.2, 0.25) is 0 Å². The quantitative estimate of drug-likeness (QED) is 0.560. The first-order chi connectivity index (χ1) is 6.31. The molecule has 1 N–H and O–H groups in total. The largest absolute Gasteiger partial charge is 0.381 e. The van der Waals surface area contributed by atoms with Crippen LogP contribution in [0.15, 0.2) is 0 Å². The van der Waals surface area contributed by atoms with Crippen molar-refractivity contribution in [3.05, 3.63) is 0 Å². The zero-order chi connectivity index (χ0) is 9.94. The fraction of sp³-hybridized carbons (Fsp3) is 1.00. The highest BCUT2D eigenvalue weighted by atomic mass is 16.5. The molecular weight excluding hydrogens is 162 g/mol. The van der Waals surface area contributed by atoms with E-state index in [1.807, 2.05) is 0 Å². The van der Waals surface area contributed by atoms with Crippen LogP contribution in [0, 0.1) is 5.92 Å². The number of ether oxygens (including phenoxy) is 1. The molecule has 0 aromatic carbocycles. The van der Waals surface area contributed by atoms with E-state index >= 15 is 0 Å². The van der Waals surface area contributed by atoms with Crippen molar-refractivity contribution < 1.29 is 4.74 Å². The number of rotatable bonds is 9. The zero-order valence-corrected chi connectivity index (χ0v) is 9.44. The molecule has 1 unspecified atom stereocenters. The molecule has 0 aromatic rings. The Morgan fingerprint density at radius 1 is 1.31 bits per heavy atom. The van der Waals surface area contributed by atoms with Gasteiger partial charge in [-0.05, 0) is 31.8 Å². The van der Waals surface area contributed by atoms with Gasteiger partial charge in [0, 0.05) is 13.2 Å². The summed E-state index contributed by atoms with van der Waals surface area (Å²) in [6, 6.07) is 0. The summed E-state index contributed by atoms with van der Waals surface area (Å²) in [4.78, 5) is 0. The van der Waals surface area contributed by atoms with E-state index in [2.05, 4.69) is 26.1 Å². The second-order valence-electron chi connectivity index (χ2n) is 3.68. The summed E-state index contributed by atoms with van der Waals surface area (Å²) in [6.07, 6.45) is 3.68. The van der Waals surface area contributed by atoms with Crippen LogP contribution in [0.4, 0.5) is 0 Å². The third kappa shape index (κ3) is 9.84. The van der Waals surface area contributed by atoms with Crippen molar-refractivity contribution in [2.45, 2.75) is 40.0 Å². The molecule has 13 heavy (non-hydrogen) atoms. The van der Waals surface area contributed by atoms with Gasteiger partial charge in [0.1, 0.15) is 0 Å². The van der Waals surface area contributed by atoms with E-state index in [0.29, 0.717) is 0 Å². The summed E-state index contributed by atoms with van der Waals surface area (Å²) in [5, 5.41) is 3.28. The van der Waals surface area contributed by atoms with E-state index in [1.54, 1.807) is 0 Å². The molecule has 0 aliphatic heterocycles. The lowest BCUT2D eigenvalue weighted by atomic mass is 10.1. The molecule has 0 saturated heterocycles. The van der Waals surface area contributed by atoms with Crippen molar-refractivity contribution in [2.75, 3.05) is 26.3 Å². The van der Waals surface area contributed by atoms with Crippen LogP contribution in [0.3, 0.4) is 0 Å². The van der Waals surface area contributed by atoms with Gasteiger partial charge >= 0.3 is 0 Å². The number of nitrogens with one attached hydrogen (secondary N) is 1. The topological polar surface area (TPSA) is 21.3 Å². The van der Waals surface area contributed by atoms with E-state index in [1.165, 1.54) is 12.8 Å². The maximum atomic E-state index is 5.55. The lowest BCUT2D eigenvalue weighted by molar-refractivity contribution is 0.0998.